The van der Waals surface area contributed by atoms with E-state index in [1.165, 1.54) is 12.8 Å². The van der Waals surface area contributed by atoms with E-state index in [1.807, 2.05) is 6.08 Å². The Morgan fingerprint density at radius 2 is 2.60 bits per heavy atom. The predicted octanol–water partition coefficient (Wildman–Crippen LogP) is 2.65. The molecule has 1 aliphatic rings. The summed E-state index contributed by atoms with van der Waals surface area (Å²) in [6, 6.07) is 0. The van der Waals surface area contributed by atoms with Gasteiger partial charge >= 0.3 is 0 Å². The van der Waals surface area contributed by atoms with Crippen molar-refractivity contribution in [3.8, 4) is 0 Å². The molecule has 1 heterocycles. The minimum Gasteiger partial charge on any atom is -0.498 e. The van der Waals surface area contributed by atoms with Crippen LogP contribution in [0.3, 0.4) is 0 Å². The first-order chi connectivity index (χ1) is 4.93. The molecular formula is C9H14O. The van der Waals surface area contributed by atoms with E-state index in [1.54, 1.807) is 0 Å². The highest BCUT2D eigenvalue weighted by Gasteiger charge is 2.01. The third-order valence-electron chi connectivity index (χ3n) is 1.60. The zero-order valence-electron chi connectivity index (χ0n) is 6.31. The molecular weight excluding hydrogens is 124 g/mol. The van der Waals surface area contributed by atoms with Crippen LogP contribution >= 0.6 is 0 Å². The number of hydrogen-bond acceptors (Lipinski definition) is 1. The van der Waals surface area contributed by atoms with Gasteiger partial charge in [-0.2, -0.15) is 0 Å². The number of allylic oxidation sites excluding steroid dienone is 3. The first-order valence-corrected chi connectivity index (χ1v) is 3.86. The molecule has 0 spiro atoms. The monoisotopic (exact) mass is 138 g/mol. The summed E-state index contributed by atoms with van der Waals surface area (Å²) in [7, 11) is 0. The zero-order chi connectivity index (χ0) is 7.23. The predicted molar refractivity (Wildman–Crippen MR) is 42.7 cm³/mol. The maximum Gasteiger partial charge on any atom is 0.0923 e. The number of rotatable bonds is 3. The molecule has 0 saturated carbocycles. The summed E-state index contributed by atoms with van der Waals surface area (Å²) in [5.74, 6) is 1.16. The van der Waals surface area contributed by atoms with Gasteiger partial charge in [-0.05, 0) is 25.3 Å². The molecule has 0 amide bonds. The van der Waals surface area contributed by atoms with E-state index >= 15 is 0 Å². The van der Waals surface area contributed by atoms with Gasteiger partial charge in [0, 0.05) is 6.42 Å². The first kappa shape index (κ1) is 7.39. The van der Waals surface area contributed by atoms with Gasteiger partial charge in [0.25, 0.3) is 0 Å². The molecule has 1 rings (SSSR count). The van der Waals surface area contributed by atoms with Crippen molar-refractivity contribution in [2.75, 3.05) is 6.61 Å². The summed E-state index contributed by atoms with van der Waals surface area (Å²) in [6.45, 7) is 4.57. The molecule has 0 bridgehead atoms. The molecule has 0 aliphatic carbocycles. The summed E-state index contributed by atoms with van der Waals surface area (Å²) >= 11 is 0. The fourth-order valence-electron chi connectivity index (χ4n) is 1.03. The zero-order valence-corrected chi connectivity index (χ0v) is 6.31. The Balaban J connectivity index is 2.24. The minimum atomic E-state index is 0.906. The maximum atomic E-state index is 5.39. The minimum absolute atomic E-state index is 0.906. The average Bonchev–Trinajstić information content (AvgIpc) is 2.03. The van der Waals surface area contributed by atoms with Gasteiger partial charge in [0.05, 0.1) is 12.4 Å². The van der Waals surface area contributed by atoms with Crippen LogP contribution in [0.4, 0.5) is 0 Å². The smallest absolute Gasteiger partial charge is 0.0923 e. The van der Waals surface area contributed by atoms with Crippen molar-refractivity contribution in [3.63, 3.8) is 0 Å². The average molecular weight is 138 g/mol. The SMILES string of the molecule is C=CCCC1=CCCCO1. The lowest BCUT2D eigenvalue weighted by atomic mass is 10.2. The summed E-state index contributed by atoms with van der Waals surface area (Å²) in [5.41, 5.74) is 0. The van der Waals surface area contributed by atoms with Gasteiger partial charge in [0.2, 0.25) is 0 Å². The van der Waals surface area contributed by atoms with E-state index in [4.69, 9.17) is 4.74 Å². The highest BCUT2D eigenvalue weighted by Crippen LogP contribution is 2.14. The van der Waals surface area contributed by atoms with E-state index < -0.39 is 0 Å². The Labute approximate surface area is 62.4 Å². The van der Waals surface area contributed by atoms with Crippen molar-refractivity contribution < 1.29 is 4.74 Å². The lowest BCUT2D eigenvalue weighted by Crippen LogP contribution is -2.00. The van der Waals surface area contributed by atoms with Crippen LogP contribution in [0.1, 0.15) is 25.7 Å². The van der Waals surface area contributed by atoms with Crippen LogP contribution in [0.25, 0.3) is 0 Å². The summed E-state index contributed by atoms with van der Waals surface area (Å²) < 4.78 is 5.39. The largest absolute Gasteiger partial charge is 0.498 e. The summed E-state index contributed by atoms with van der Waals surface area (Å²) in [5, 5.41) is 0. The Morgan fingerprint density at radius 1 is 1.70 bits per heavy atom. The molecule has 0 aromatic rings. The first-order valence-electron chi connectivity index (χ1n) is 3.86. The van der Waals surface area contributed by atoms with Crippen LogP contribution in [0.15, 0.2) is 24.5 Å². The van der Waals surface area contributed by atoms with Crippen molar-refractivity contribution >= 4 is 0 Å². The van der Waals surface area contributed by atoms with E-state index in [0.717, 1.165) is 25.2 Å². The highest BCUT2D eigenvalue weighted by atomic mass is 16.5. The fourth-order valence-corrected chi connectivity index (χ4v) is 1.03. The second-order valence-corrected chi connectivity index (χ2v) is 2.49. The van der Waals surface area contributed by atoms with E-state index in [0.29, 0.717) is 0 Å². The Morgan fingerprint density at radius 3 is 3.20 bits per heavy atom. The van der Waals surface area contributed by atoms with Crippen LogP contribution in [0.2, 0.25) is 0 Å². The van der Waals surface area contributed by atoms with Crippen LogP contribution in [0, 0.1) is 0 Å². The van der Waals surface area contributed by atoms with Crippen molar-refractivity contribution in [1.29, 1.82) is 0 Å². The Kier molecular flexibility index (Phi) is 3.07. The Hall–Kier alpha value is -0.720. The van der Waals surface area contributed by atoms with E-state index in [2.05, 4.69) is 12.7 Å². The molecule has 0 fully saturated rings. The van der Waals surface area contributed by atoms with Crippen LogP contribution < -0.4 is 0 Å². The van der Waals surface area contributed by atoms with Crippen molar-refractivity contribution in [2.24, 2.45) is 0 Å². The van der Waals surface area contributed by atoms with Crippen LogP contribution in [-0.2, 0) is 4.74 Å². The van der Waals surface area contributed by atoms with E-state index in [-0.39, 0.29) is 0 Å². The van der Waals surface area contributed by atoms with Crippen LogP contribution in [-0.4, -0.2) is 6.61 Å². The molecule has 10 heavy (non-hydrogen) atoms. The van der Waals surface area contributed by atoms with Gasteiger partial charge in [0.15, 0.2) is 0 Å². The fraction of sp³-hybridized carbons (Fsp3) is 0.556. The van der Waals surface area contributed by atoms with Crippen molar-refractivity contribution in [1.82, 2.24) is 0 Å². The molecule has 1 aliphatic heterocycles. The molecule has 0 aromatic carbocycles. The van der Waals surface area contributed by atoms with Gasteiger partial charge in [0.1, 0.15) is 0 Å². The molecule has 0 saturated heterocycles. The lowest BCUT2D eigenvalue weighted by molar-refractivity contribution is 0.184. The molecule has 1 nitrogen and oxygen atoms in total. The lowest BCUT2D eigenvalue weighted by Gasteiger charge is -2.13. The second kappa shape index (κ2) is 4.15. The quantitative estimate of drug-likeness (QED) is 0.545. The van der Waals surface area contributed by atoms with Gasteiger partial charge < -0.3 is 4.74 Å². The molecule has 56 valence electrons. The summed E-state index contributed by atoms with van der Waals surface area (Å²) in [6.07, 6.45) is 8.55. The van der Waals surface area contributed by atoms with Gasteiger partial charge in [-0.3, -0.25) is 0 Å². The molecule has 0 unspecified atom stereocenters. The standard InChI is InChI=1S/C9H14O/c1-2-3-6-9-7-4-5-8-10-9/h2,7H,1,3-6,8H2. The molecule has 0 N–H and O–H groups in total. The third-order valence-corrected chi connectivity index (χ3v) is 1.60. The topological polar surface area (TPSA) is 9.23 Å². The molecule has 0 radical (unpaired) electrons. The Bertz CT molecular complexity index is 136. The van der Waals surface area contributed by atoms with Gasteiger partial charge in [-0.1, -0.05) is 6.08 Å². The van der Waals surface area contributed by atoms with Crippen molar-refractivity contribution in [2.45, 2.75) is 25.7 Å². The highest BCUT2D eigenvalue weighted by molar-refractivity contribution is 4.96. The summed E-state index contributed by atoms with van der Waals surface area (Å²) in [4.78, 5) is 0. The van der Waals surface area contributed by atoms with Gasteiger partial charge in [-0.25, -0.2) is 0 Å². The van der Waals surface area contributed by atoms with Gasteiger partial charge in [-0.15, -0.1) is 6.58 Å². The van der Waals surface area contributed by atoms with E-state index in [9.17, 15) is 0 Å². The molecule has 1 heteroatoms. The third kappa shape index (κ3) is 2.26. The van der Waals surface area contributed by atoms with Crippen LogP contribution in [0.5, 0.6) is 0 Å². The number of hydrogen-bond donors (Lipinski definition) is 0. The molecule has 0 aromatic heterocycles. The normalized spacial score (nSPS) is 17.4. The molecule has 0 atom stereocenters. The second-order valence-electron chi connectivity index (χ2n) is 2.49. The number of ether oxygens (including phenoxy) is 1. The van der Waals surface area contributed by atoms with Crippen molar-refractivity contribution in [3.05, 3.63) is 24.5 Å². The maximum absolute atomic E-state index is 5.39.